The van der Waals surface area contributed by atoms with Gasteiger partial charge in [-0.1, -0.05) is 23.2 Å². The second-order valence-electron chi connectivity index (χ2n) is 3.69. The maximum Gasteiger partial charge on any atom is 0.0654 e. The lowest BCUT2D eigenvalue weighted by Gasteiger charge is -2.23. The van der Waals surface area contributed by atoms with Crippen LogP contribution in [-0.4, -0.2) is 26.2 Å². The van der Waals surface area contributed by atoms with Crippen LogP contribution in [0.2, 0.25) is 10.0 Å². The summed E-state index contributed by atoms with van der Waals surface area (Å²) < 4.78 is 0. The van der Waals surface area contributed by atoms with E-state index in [9.17, 15) is 0 Å². The molecule has 1 aliphatic rings. The van der Waals surface area contributed by atoms with E-state index in [0.29, 0.717) is 5.02 Å². The van der Waals surface area contributed by atoms with Crippen molar-refractivity contribution in [1.82, 2.24) is 5.32 Å². The molecule has 0 bridgehead atoms. The van der Waals surface area contributed by atoms with Gasteiger partial charge in [-0.05, 0) is 31.2 Å². The molecular weight excluding hydrogens is 231 g/mol. The van der Waals surface area contributed by atoms with Crippen LogP contribution in [0.3, 0.4) is 0 Å². The molecule has 0 radical (unpaired) electrons. The van der Waals surface area contributed by atoms with E-state index in [2.05, 4.69) is 10.2 Å². The van der Waals surface area contributed by atoms with E-state index >= 15 is 0 Å². The van der Waals surface area contributed by atoms with Gasteiger partial charge in [0.05, 0.1) is 10.7 Å². The van der Waals surface area contributed by atoms with Gasteiger partial charge in [0.15, 0.2) is 0 Å². The zero-order valence-corrected chi connectivity index (χ0v) is 9.98. The molecule has 15 heavy (non-hydrogen) atoms. The van der Waals surface area contributed by atoms with Crippen LogP contribution < -0.4 is 10.2 Å². The molecule has 1 fully saturated rings. The monoisotopic (exact) mass is 244 g/mol. The second-order valence-corrected chi connectivity index (χ2v) is 4.53. The normalized spacial score (nSPS) is 17.6. The van der Waals surface area contributed by atoms with Crippen molar-refractivity contribution in [3.8, 4) is 0 Å². The van der Waals surface area contributed by atoms with Gasteiger partial charge in [0.1, 0.15) is 0 Å². The Balaban J connectivity index is 2.19. The Hall–Kier alpha value is -0.440. The fraction of sp³-hybridized carbons (Fsp3) is 0.455. The summed E-state index contributed by atoms with van der Waals surface area (Å²) in [7, 11) is 0. The summed E-state index contributed by atoms with van der Waals surface area (Å²) in [6, 6.07) is 5.69. The average molecular weight is 245 g/mol. The number of nitrogens with one attached hydrogen (secondary N) is 1. The lowest BCUT2D eigenvalue weighted by molar-refractivity contribution is 0.724. The first-order valence-corrected chi connectivity index (χ1v) is 5.94. The molecule has 0 amide bonds. The quantitative estimate of drug-likeness (QED) is 0.818. The van der Waals surface area contributed by atoms with Crippen molar-refractivity contribution in [1.29, 1.82) is 0 Å². The van der Waals surface area contributed by atoms with Gasteiger partial charge in [0.2, 0.25) is 0 Å². The smallest absolute Gasteiger partial charge is 0.0654 e. The number of hydrogen-bond donors (Lipinski definition) is 1. The topological polar surface area (TPSA) is 15.3 Å². The zero-order valence-electron chi connectivity index (χ0n) is 8.47. The molecule has 2 nitrogen and oxygen atoms in total. The highest BCUT2D eigenvalue weighted by Gasteiger charge is 2.12. The average Bonchev–Trinajstić information content (AvgIpc) is 2.46. The van der Waals surface area contributed by atoms with Gasteiger partial charge < -0.3 is 10.2 Å². The number of nitrogens with zero attached hydrogens (tertiary/aromatic N) is 1. The lowest BCUT2D eigenvalue weighted by Crippen LogP contribution is -2.27. The Morgan fingerprint density at radius 3 is 2.80 bits per heavy atom. The summed E-state index contributed by atoms with van der Waals surface area (Å²) in [5.74, 6) is 0. The van der Waals surface area contributed by atoms with Crippen LogP contribution >= 0.6 is 23.2 Å². The SMILES string of the molecule is Clc1ccc(N2CCCNCC2)c(Cl)c1. The van der Waals surface area contributed by atoms with Crippen LogP contribution in [0.1, 0.15) is 6.42 Å². The molecule has 0 atom stereocenters. The van der Waals surface area contributed by atoms with Gasteiger partial charge in [-0.15, -0.1) is 0 Å². The van der Waals surface area contributed by atoms with Gasteiger partial charge in [-0.3, -0.25) is 0 Å². The molecule has 1 aromatic carbocycles. The standard InChI is InChI=1S/C11H14Cl2N2/c12-9-2-3-11(10(13)8-9)15-6-1-4-14-5-7-15/h2-3,8,14H,1,4-7H2. The third-order valence-electron chi connectivity index (χ3n) is 2.59. The van der Waals surface area contributed by atoms with Crippen LogP contribution in [0, 0.1) is 0 Å². The number of halogens is 2. The third-order valence-corrected chi connectivity index (χ3v) is 3.13. The minimum Gasteiger partial charge on any atom is -0.369 e. The Morgan fingerprint density at radius 2 is 2.00 bits per heavy atom. The van der Waals surface area contributed by atoms with Gasteiger partial charge in [0.25, 0.3) is 0 Å². The van der Waals surface area contributed by atoms with Crippen molar-refractivity contribution >= 4 is 28.9 Å². The third kappa shape index (κ3) is 2.77. The van der Waals surface area contributed by atoms with E-state index in [1.165, 1.54) is 0 Å². The first-order valence-electron chi connectivity index (χ1n) is 5.18. The van der Waals surface area contributed by atoms with Crippen LogP contribution in [0.5, 0.6) is 0 Å². The molecule has 82 valence electrons. The van der Waals surface area contributed by atoms with E-state index in [0.717, 1.165) is 43.3 Å². The molecule has 0 unspecified atom stereocenters. The molecule has 0 spiro atoms. The molecule has 1 heterocycles. The highest BCUT2D eigenvalue weighted by atomic mass is 35.5. The van der Waals surface area contributed by atoms with E-state index in [1.807, 2.05) is 12.1 Å². The highest BCUT2D eigenvalue weighted by molar-refractivity contribution is 6.36. The first-order chi connectivity index (χ1) is 7.27. The Morgan fingerprint density at radius 1 is 1.13 bits per heavy atom. The summed E-state index contributed by atoms with van der Waals surface area (Å²) in [5.41, 5.74) is 1.09. The Labute approximate surface area is 100 Å². The second kappa shape index (κ2) is 5.06. The first kappa shape index (κ1) is 11.1. The van der Waals surface area contributed by atoms with Crippen LogP contribution in [0.15, 0.2) is 18.2 Å². The van der Waals surface area contributed by atoms with Crippen molar-refractivity contribution in [2.24, 2.45) is 0 Å². The summed E-state index contributed by atoms with van der Waals surface area (Å²) in [5, 5.41) is 4.80. The zero-order chi connectivity index (χ0) is 10.7. The summed E-state index contributed by atoms with van der Waals surface area (Å²) >= 11 is 12.0. The maximum absolute atomic E-state index is 6.17. The fourth-order valence-corrected chi connectivity index (χ4v) is 2.35. The van der Waals surface area contributed by atoms with E-state index < -0.39 is 0 Å². The van der Waals surface area contributed by atoms with Crippen LogP contribution in [0.4, 0.5) is 5.69 Å². The van der Waals surface area contributed by atoms with Crippen molar-refractivity contribution in [2.75, 3.05) is 31.1 Å². The molecule has 0 aliphatic carbocycles. The summed E-state index contributed by atoms with van der Waals surface area (Å²) in [6.07, 6.45) is 1.15. The number of rotatable bonds is 1. The molecule has 2 rings (SSSR count). The molecule has 1 aromatic rings. The number of benzene rings is 1. The largest absolute Gasteiger partial charge is 0.369 e. The van der Waals surface area contributed by atoms with Gasteiger partial charge >= 0.3 is 0 Å². The number of anilines is 1. The highest BCUT2D eigenvalue weighted by Crippen LogP contribution is 2.28. The van der Waals surface area contributed by atoms with Crippen molar-refractivity contribution in [3.63, 3.8) is 0 Å². The van der Waals surface area contributed by atoms with Crippen molar-refractivity contribution in [2.45, 2.75) is 6.42 Å². The van der Waals surface area contributed by atoms with Gasteiger partial charge in [-0.25, -0.2) is 0 Å². The Kier molecular flexibility index (Phi) is 3.73. The molecular formula is C11H14Cl2N2. The summed E-state index contributed by atoms with van der Waals surface area (Å²) in [4.78, 5) is 2.30. The lowest BCUT2D eigenvalue weighted by atomic mass is 10.2. The molecule has 1 N–H and O–H groups in total. The molecule has 0 saturated carbocycles. The van der Waals surface area contributed by atoms with E-state index in [-0.39, 0.29) is 0 Å². The molecule has 4 heteroatoms. The van der Waals surface area contributed by atoms with E-state index in [4.69, 9.17) is 23.2 Å². The minimum absolute atomic E-state index is 0.691. The minimum atomic E-state index is 0.691. The fourth-order valence-electron chi connectivity index (χ4n) is 1.82. The Bertz CT molecular complexity index is 333. The van der Waals surface area contributed by atoms with Crippen molar-refractivity contribution < 1.29 is 0 Å². The van der Waals surface area contributed by atoms with Crippen LogP contribution in [0.25, 0.3) is 0 Å². The summed E-state index contributed by atoms with van der Waals surface area (Å²) in [6.45, 7) is 4.15. The van der Waals surface area contributed by atoms with Gasteiger partial charge in [0, 0.05) is 24.7 Å². The van der Waals surface area contributed by atoms with Gasteiger partial charge in [-0.2, -0.15) is 0 Å². The van der Waals surface area contributed by atoms with Crippen molar-refractivity contribution in [3.05, 3.63) is 28.2 Å². The number of hydrogen-bond acceptors (Lipinski definition) is 2. The van der Waals surface area contributed by atoms with Crippen LogP contribution in [-0.2, 0) is 0 Å². The predicted molar refractivity (Wildman–Crippen MR) is 66.2 cm³/mol. The molecule has 0 aromatic heterocycles. The molecule has 1 saturated heterocycles. The van der Waals surface area contributed by atoms with E-state index in [1.54, 1.807) is 6.07 Å². The maximum atomic E-state index is 6.17. The predicted octanol–water partition coefficient (Wildman–Crippen LogP) is 2.79. The molecule has 1 aliphatic heterocycles.